The van der Waals surface area contributed by atoms with Crippen LogP contribution >= 0.6 is 11.8 Å². The van der Waals surface area contributed by atoms with Crippen molar-refractivity contribution in [2.75, 3.05) is 23.8 Å². The maximum Gasteiger partial charge on any atom is 0.305 e. The van der Waals surface area contributed by atoms with E-state index >= 15 is 0 Å². The SMILES string of the molecule is CCOC(=O)CCCNC(=O)CSC1=N/C(=C\c2ccccc2)C(=O)N1c1ccc(F)cc1. The fraction of sp³-hybridized carbons (Fsp3) is 0.250. The van der Waals surface area contributed by atoms with Gasteiger partial charge in [0.15, 0.2) is 5.17 Å². The molecule has 3 rings (SSSR count). The lowest BCUT2D eigenvalue weighted by molar-refractivity contribution is -0.143. The lowest BCUT2D eigenvalue weighted by atomic mass is 10.2. The minimum atomic E-state index is -0.418. The molecule has 0 saturated heterocycles. The molecule has 1 N–H and O–H groups in total. The van der Waals surface area contributed by atoms with E-state index in [1.54, 1.807) is 13.0 Å². The van der Waals surface area contributed by atoms with Crippen LogP contribution in [0.1, 0.15) is 25.3 Å². The monoisotopic (exact) mass is 469 g/mol. The first-order valence-electron chi connectivity index (χ1n) is 10.5. The van der Waals surface area contributed by atoms with E-state index in [1.807, 2.05) is 30.3 Å². The average molecular weight is 470 g/mol. The van der Waals surface area contributed by atoms with Gasteiger partial charge in [-0.25, -0.2) is 9.38 Å². The van der Waals surface area contributed by atoms with Crippen LogP contribution < -0.4 is 10.2 Å². The molecule has 0 atom stereocenters. The second kappa shape index (κ2) is 12.0. The third-order valence-electron chi connectivity index (χ3n) is 4.53. The number of hydrogen-bond donors (Lipinski definition) is 1. The number of nitrogens with zero attached hydrogens (tertiary/aromatic N) is 2. The second-order valence-electron chi connectivity index (χ2n) is 7.00. The number of esters is 1. The summed E-state index contributed by atoms with van der Waals surface area (Å²) in [5, 5.41) is 3.07. The zero-order chi connectivity index (χ0) is 23.6. The Morgan fingerprint density at radius 1 is 1.15 bits per heavy atom. The molecule has 172 valence electrons. The Morgan fingerprint density at radius 3 is 2.58 bits per heavy atom. The Balaban J connectivity index is 1.67. The molecule has 0 aliphatic carbocycles. The Morgan fingerprint density at radius 2 is 1.88 bits per heavy atom. The van der Waals surface area contributed by atoms with Crippen molar-refractivity contribution in [1.29, 1.82) is 0 Å². The molecular weight excluding hydrogens is 445 g/mol. The van der Waals surface area contributed by atoms with Gasteiger partial charge in [0.05, 0.1) is 18.0 Å². The normalized spacial score (nSPS) is 14.4. The Labute approximate surface area is 195 Å². The summed E-state index contributed by atoms with van der Waals surface area (Å²) < 4.78 is 18.2. The van der Waals surface area contributed by atoms with E-state index in [9.17, 15) is 18.8 Å². The average Bonchev–Trinajstić information content (AvgIpc) is 3.11. The lowest BCUT2D eigenvalue weighted by Crippen LogP contribution is -2.32. The van der Waals surface area contributed by atoms with Crippen molar-refractivity contribution < 1.29 is 23.5 Å². The molecule has 0 saturated carbocycles. The molecule has 7 nitrogen and oxygen atoms in total. The van der Waals surface area contributed by atoms with Gasteiger partial charge in [0.2, 0.25) is 5.91 Å². The smallest absolute Gasteiger partial charge is 0.305 e. The highest BCUT2D eigenvalue weighted by Crippen LogP contribution is 2.29. The molecule has 1 aliphatic heterocycles. The number of benzene rings is 2. The number of carbonyl (C=O) groups excluding carboxylic acids is 3. The van der Waals surface area contributed by atoms with Crippen molar-refractivity contribution in [3.8, 4) is 0 Å². The van der Waals surface area contributed by atoms with E-state index < -0.39 is 5.82 Å². The number of nitrogens with one attached hydrogen (secondary N) is 1. The number of halogens is 1. The molecule has 0 spiro atoms. The Hall–Kier alpha value is -3.46. The summed E-state index contributed by atoms with van der Waals surface area (Å²) in [6, 6.07) is 14.8. The van der Waals surface area contributed by atoms with E-state index in [2.05, 4.69) is 10.3 Å². The van der Waals surface area contributed by atoms with E-state index in [-0.39, 0.29) is 35.7 Å². The van der Waals surface area contributed by atoms with Crippen LogP contribution in [0.5, 0.6) is 0 Å². The molecular formula is C24H24FN3O4S. The van der Waals surface area contributed by atoms with Gasteiger partial charge in [0, 0.05) is 13.0 Å². The third-order valence-corrected chi connectivity index (χ3v) is 5.47. The quantitative estimate of drug-likeness (QED) is 0.343. The highest BCUT2D eigenvalue weighted by atomic mass is 32.2. The first-order valence-corrected chi connectivity index (χ1v) is 11.5. The number of carbonyl (C=O) groups is 3. The van der Waals surface area contributed by atoms with Crippen molar-refractivity contribution in [2.45, 2.75) is 19.8 Å². The molecule has 0 radical (unpaired) electrons. The molecule has 0 bridgehead atoms. The van der Waals surface area contributed by atoms with Crippen molar-refractivity contribution >= 4 is 46.5 Å². The van der Waals surface area contributed by atoms with Gasteiger partial charge in [-0.3, -0.25) is 19.3 Å². The fourth-order valence-electron chi connectivity index (χ4n) is 2.99. The second-order valence-corrected chi connectivity index (χ2v) is 7.94. The van der Waals surface area contributed by atoms with Crippen LogP contribution in [-0.2, 0) is 19.1 Å². The highest BCUT2D eigenvalue weighted by molar-refractivity contribution is 8.14. The predicted molar refractivity (Wildman–Crippen MR) is 127 cm³/mol. The topological polar surface area (TPSA) is 88.1 Å². The number of ether oxygens (including phenoxy) is 1. The van der Waals surface area contributed by atoms with Crippen molar-refractivity contribution in [1.82, 2.24) is 5.32 Å². The maximum absolute atomic E-state index is 13.4. The molecule has 1 aliphatic rings. The van der Waals surface area contributed by atoms with Crippen LogP contribution in [-0.4, -0.2) is 41.9 Å². The molecule has 9 heteroatoms. The first kappa shape index (κ1) is 24.2. The van der Waals surface area contributed by atoms with Crippen LogP contribution in [0.4, 0.5) is 10.1 Å². The predicted octanol–water partition coefficient (Wildman–Crippen LogP) is 3.76. The van der Waals surface area contributed by atoms with E-state index in [0.717, 1.165) is 17.3 Å². The molecule has 0 fully saturated rings. The third kappa shape index (κ3) is 7.01. The molecule has 2 aromatic rings. The highest BCUT2D eigenvalue weighted by Gasteiger charge is 2.32. The number of amides is 2. The van der Waals surface area contributed by atoms with Crippen LogP contribution in [0.2, 0.25) is 0 Å². The number of thioether (sulfide) groups is 1. The summed E-state index contributed by atoms with van der Waals surface area (Å²) in [6.07, 6.45) is 2.37. The molecule has 2 amide bonds. The van der Waals surface area contributed by atoms with E-state index in [4.69, 9.17) is 4.74 Å². The van der Waals surface area contributed by atoms with Crippen LogP contribution in [0, 0.1) is 5.82 Å². The van der Waals surface area contributed by atoms with Gasteiger partial charge in [-0.15, -0.1) is 0 Å². The minimum Gasteiger partial charge on any atom is -0.466 e. The summed E-state index contributed by atoms with van der Waals surface area (Å²) in [6.45, 7) is 2.40. The summed E-state index contributed by atoms with van der Waals surface area (Å²) >= 11 is 1.11. The van der Waals surface area contributed by atoms with Gasteiger partial charge in [-0.1, -0.05) is 42.1 Å². The van der Waals surface area contributed by atoms with Crippen molar-refractivity contribution in [3.05, 3.63) is 71.7 Å². The summed E-state index contributed by atoms with van der Waals surface area (Å²) in [5.41, 5.74) is 1.50. The number of amidine groups is 1. The number of anilines is 1. The largest absolute Gasteiger partial charge is 0.466 e. The number of hydrogen-bond acceptors (Lipinski definition) is 6. The van der Waals surface area contributed by atoms with E-state index in [1.165, 1.54) is 29.2 Å². The number of rotatable bonds is 9. The van der Waals surface area contributed by atoms with Gasteiger partial charge in [-0.05, 0) is 49.2 Å². The maximum atomic E-state index is 13.4. The zero-order valence-electron chi connectivity index (χ0n) is 18.1. The van der Waals surface area contributed by atoms with Gasteiger partial charge in [0.1, 0.15) is 11.5 Å². The Kier molecular flexibility index (Phi) is 8.77. The van der Waals surface area contributed by atoms with Crippen LogP contribution in [0.15, 0.2) is 65.3 Å². The van der Waals surface area contributed by atoms with Crippen LogP contribution in [0.3, 0.4) is 0 Å². The Bertz CT molecular complexity index is 1060. The summed E-state index contributed by atoms with van der Waals surface area (Å²) in [4.78, 5) is 42.5. The molecule has 1 heterocycles. The van der Waals surface area contributed by atoms with Gasteiger partial charge in [0.25, 0.3) is 5.91 Å². The molecule has 33 heavy (non-hydrogen) atoms. The van der Waals surface area contributed by atoms with Gasteiger partial charge >= 0.3 is 5.97 Å². The van der Waals surface area contributed by atoms with Gasteiger partial charge in [-0.2, -0.15) is 0 Å². The summed E-state index contributed by atoms with van der Waals surface area (Å²) in [5.74, 6) is -1.30. The first-order chi connectivity index (χ1) is 16.0. The molecule has 0 unspecified atom stereocenters. The van der Waals surface area contributed by atoms with Gasteiger partial charge < -0.3 is 10.1 Å². The standard InChI is InChI=1S/C24H24FN3O4S/c1-2-32-22(30)9-6-14-26-21(29)16-33-24-27-20(15-17-7-4-3-5-8-17)23(31)28(24)19-12-10-18(25)11-13-19/h3-5,7-8,10-13,15H,2,6,9,14,16H2,1H3,(H,26,29)/b20-15-. The van der Waals surface area contributed by atoms with Crippen molar-refractivity contribution in [3.63, 3.8) is 0 Å². The summed E-state index contributed by atoms with van der Waals surface area (Å²) in [7, 11) is 0. The fourth-order valence-corrected chi connectivity index (χ4v) is 3.84. The van der Waals surface area contributed by atoms with Crippen LogP contribution in [0.25, 0.3) is 6.08 Å². The zero-order valence-corrected chi connectivity index (χ0v) is 18.9. The molecule has 2 aromatic carbocycles. The van der Waals surface area contributed by atoms with Crippen molar-refractivity contribution in [2.24, 2.45) is 4.99 Å². The van der Waals surface area contributed by atoms with E-state index in [0.29, 0.717) is 30.4 Å². The lowest BCUT2D eigenvalue weighted by Gasteiger charge is -2.17. The number of aliphatic imine (C=N–C) groups is 1. The minimum absolute atomic E-state index is 0.0296. The molecule has 0 aromatic heterocycles.